The molecule has 4 rings (SSSR count). The highest BCUT2D eigenvalue weighted by atomic mass is 19.1. The van der Waals surface area contributed by atoms with Crippen molar-refractivity contribution in [2.45, 2.75) is 6.61 Å². The number of halogens is 1. The normalized spacial score (nSPS) is 11.1. The van der Waals surface area contributed by atoms with E-state index in [1.165, 1.54) is 25.3 Å². The number of benzene rings is 3. The largest absolute Gasteiger partial charge is 0.508 e. The van der Waals surface area contributed by atoms with E-state index >= 15 is 0 Å². The van der Waals surface area contributed by atoms with Gasteiger partial charge in [-0.1, -0.05) is 30.3 Å². The van der Waals surface area contributed by atoms with Gasteiger partial charge in [-0.15, -0.1) is 0 Å². The highest BCUT2D eigenvalue weighted by Crippen LogP contribution is 2.34. The van der Waals surface area contributed by atoms with Crippen molar-refractivity contribution in [3.63, 3.8) is 0 Å². The molecule has 7 heteroatoms. The second-order valence-electron chi connectivity index (χ2n) is 6.35. The molecule has 0 atom stereocenters. The van der Waals surface area contributed by atoms with Crippen LogP contribution in [-0.2, 0) is 11.3 Å². The molecule has 0 aliphatic heterocycles. The summed E-state index contributed by atoms with van der Waals surface area (Å²) >= 11 is 0. The van der Waals surface area contributed by atoms with E-state index in [0.717, 1.165) is 11.6 Å². The fourth-order valence-corrected chi connectivity index (χ4v) is 3.01. The van der Waals surface area contributed by atoms with Gasteiger partial charge in [-0.05, 0) is 11.6 Å². The van der Waals surface area contributed by atoms with Crippen LogP contribution >= 0.6 is 0 Å². The maximum atomic E-state index is 14.2. The molecule has 0 saturated heterocycles. The number of hydrogen-bond donors (Lipinski definition) is 1. The first kappa shape index (κ1) is 18.8. The zero-order chi connectivity index (χ0) is 20.4. The summed E-state index contributed by atoms with van der Waals surface area (Å²) in [4.78, 5) is 12.8. The Kier molecular flexibility index (Phi) is 5.05. The molecule has 0 aliphatic rings. The van der Waals surface area contributed by atoms with Gasteiger partial charge in [-0.25, -0.2) is 4.39 Å². The first-order chi connectivity index (χ1) is 14.1. The van der Waals surface area contributed by atoms with E-state index in [-0.39, 0.29) is 46.8 Å². The topological polar surface area (TPSA) is 78.1 Å². The van der Waals surface area contributed by atoms with E-state index in [1.54, 1.807) is 0 Å². The lowest BCUT2D eigenvalue weighted by Crippen LogP contribution is -2.07. The summed E-state index contributed by atoms with van der Waals surface area (Å²) in [5.41, 5.74) is 0.493. The Morgan fingerprint density at radius 1 is 1.00 bits per heavy atom. The van der Waals surface area contributed by atoms with Crippen molar-refractivity contribution in [3.8, 4) is 17.2 Å². The van der Waals surface area contributed by atoms with Crippen LogP contribution < -0.4 is 14.9 Å². The summed E-state index contributed by atoms with van der Waals surface area (Å²) in [6.45, 7) is 0.206. The Bertz CT molecular complexity index is 1230. The van der Waals surface area contributed by atoms with Crippen molar-refractivity contribution in [2.24, 2.45) is 0 Å². The number of phenolic OH excluding ortho intramolecular Hbond substituents is 1. The average molecular weight is 396 g/mol. The van der Waals surface area contributed by atoms with Crippen LogP contribution in [0.2, 0.25) is 0 Å². The van der Waals surface area contributed by atoms with Crippen LogP contribution in [0.1, 0.15) is 5.56 Å². The maximum absolute atomic E-state index is 14.2. The van der Waals surface area contributed by atoms with Crippen LogP contribution in [-0.4, -0.2) is 19.0 Å². The zero-order valence-corrected chi connectivity index (χ0v) is 15.5. The molecule has 0 saturated carbocycles. The lowest BCUT2D eigenvalue weighted by atomic mass is 10.1. The van der Waals surface area contributed by atoms with E-state index in [0.29, 0.717) is 5.75 Å². The standard InChI is InChI=1S/C22H17FO6/c1-26-12-28-18-9-15-17(10-19(18)27-11-13-5-3-2-4-6-13)29-20-8-14(24)7-16(23)21(20)22(15)25/h2-10,24H,11-12H2,1H3. The minimum atomic E-state index is -0.862. The molecule has 4 aromatic rings. The molecule has 6 nitrogen and oxygen atoms in total. The molecular formula is C22H17FO6. The summed E-state index contributed by atoms with van der Waals surface area (Å²) in [7, 11) is 1.47. The molecule has 1 N–H and O–H groups in total. The van der Waals surface area contributed by atoms with Crippen molar-refractivity contribution >= 4 is 21.9 Å². The fraction of sp³-hybridized carbons (Fsp3) is 0.136. The van der Waals surface area contributed by atoms with Gasteiger partial charge in [0.2, 0.25) is 5.43 Å². The monoisotopic (exact) mass is 396 g/mol. The quantitative estimate of drug-likeness (QED) is 0.386. The van der Waals surface area contributed by atoms with Gasteiger partial charge in [0.1, 0.15) is 34.7 Å². The number of aromatic hydroxyl groups is 1. The van der Waals surface area contributed by atoms with E-state index in [9.17, 15) is 14.3 Å². The fourth-order valence-electron chi connectivity index (χ4n) is 3.01. The first-order valence-electron chi connectivity index (χ1n) is 8.78. The SMILES string of the molecule is COCOc1cc2c(=O)c3c(F)cc(O)cc3oc2cc1OCc1ccccc1. The lowest BCUT2D eigenvalue weighted by molar-refractivity contribution is 0.0485. The van der Waals surface area contributed by atoms with E-state index in [2.05, 4.69) is 0 Å². The Morgan fingerprint density at radius 3 is 2.52 bits per heavy atom. The van der Waals surface area contributed by atoms with Crippen molar-refractivity contribution in [1.82, 2.24) is 0 Å². The van der Waals surface area contributed by atoms with Crippen LogP contribution in [0.5, 0.6) is 17.2 Å². The summed E-state index contributed by atoms with van der Waals surface area (Å²) in [6.07, 6.45) is 0. The molecule has 0 fully saturated rings. The Balaban J connectivity index is 1.85. The molecular weight excluding hydrogens is 379 g/mol. The van der Waals surface area contributed by atoms with Gasteiger partial charge in [0.15, 0.2) is 18.3 Å². The zero-order valence-electron chi connectivity index (χ0n) is 15.5. The predicted molar refractivity (Wildman–Crippen MR) is 105 cm³/mol. The van der Waals surface area contributed by atoms with E-state index in [1.807, 2.05) is 30.3 Å². The third-order valence-corrected chi connectivity index (χ3v) is 4.35. The number of ether oxygens (including phenoxy) is 3. The summed E-state index contributed by atoms with van der Waals surface area (Å²) < 4.78 is 36.2. The van der Waals surface area contributed by atoms with Gasteiger partial charge in [0, 0.05) is 25.3 Å². The number of phenols is 1. The predicted octanol–water partition coefficient (Wildman–Crippen LogP) is 4.35. The number of methoxy groups -OCH3 is 1. The Morgan fingerprint density at radius 2 is 1.76 bits per heavy atom. The second-order valence-corrected chi connectivity index (χ2v) is 6.35. The van der Waals surface area contributed by atoms with Gasteiger partial charge in [-0.3, -0.25) is 4.79 Å². The Hall–Kier alpha value is -3.58. The third-order valence-electron chi connectivity index (χ3n) is 4.35. The molecule has 0 unspecified atom stereocenters. The number of rotatable bonds is 6. The molecule has 0 amide bonds. The second kappa shape index (κ2) is 7.81. The minimum Gasteiger partial charge on any atom is -0.508 e. The molecule has 29 heavy (non-hydrogen) atoms. The van der Waals surface area contributed by atoms with Crippen LogP contribution in [0, 0.1) is 5.82 Å². The smallest absolute Gasteiger partial charge is 0.203 e. The minimum absolute atomic E-state index is 0.0560. The lowest BCUT2D eigenvalue weighted by Gasteiger charge is -2.14. The van der Waals surface area contributed by atoms with Crippen molar-refractivity contribution in [2.75, 3.05) is 13.9 Å². The van der Waals surface area contributed by atoms with Gasteiger partial charge < -0.3 is 23.7 Å². The van der Waals surface area contributed by atoms with Gasteiger partial charge in [0.25, 0.3) is 0 Å². The molecule has 148 valence electrons. The molecule has 1 heterocycles. The van der Waals surface area contributed by atoms with Crippen LogP contribution in [0.15, 0.2) is 63.8 Å². The van der Waals surface area contributed by atoms with Crippen molar-refractivity contribution in [1.29, 1.82) is 0 Å². The molecule has 1 aromatic heterocycles. The van der Waals surface area contributed by atoms with E-state index in [4.69, 9.17) is 18.6 Å². The van der Waals surface area contributed by atoms with Crippen LogP contribution in [0.25, 0.3) is 21.9 Å². The van der Waals surface area contributed by atoms with Crippen LogP contribution in [0.4, 0.5) is 4.39 Å². The number of fused-ring (bicyclic) bond motifs is 2. The molecule has 0 radical (unpaired) electrons. The van der Waals surface area contributed by atoms with Gasteiger partial charge >= 0.3 is 0 Å². The molecule has 0 spiro atoms. The average Bonchev–Trinajstić information content (AvgIpc) is 2.71. The molecule has 0 aliphatic carbocycles. The van der Waals surface area contributed by atoms with Gasteiger partial charge in [0.05, 0.1) is 5.39 Å². The molecule has 3 aromatic carbocycles. The summed E-state index contributed by atoms with van der Waals surface area (Å²) in [5, 5.41) is 9.50. The number of hydrogen-bond acceptors (Lipinski definition) is 6. The van der Waals surface area contributed by atoms with Crippen molar-refractivity contribution < 1.29 is 28.1 Å². The summed E-state index contributed by atoms with van der Waals surface area (Å²) in [5.74, 6) is -0.597. The highest BCUT2D eigenvalue weighted by molar-refractivity contribution is 5.92. The van der Waals surface area contributed by atoms with Crippen molar-refractivity contribution in [3.05, 3.63) is 76.2 Å². The highest BCUT2D eigenvalue weighted by Gasteiger charge is 2.17. The van der Waals surface area contributed by atoms with Crippen LogP contribution in [0.3, 0.4) is 0 Å². The molecule has 0 bridgehead atoms. The van der Waals surface area contributed by atoms with E-state index < -0.39 is 11.2 Å². The first-order valence-corrected chi connectivity index (χ1v) is 8.78. The Labute approximate surface area is 164 Å². The maximum Gasteiger partial charge on any atom is 0.203 e. The van der Waals surface area contributed by atoms with Gasteiger partial charge in [-0.2, -0.15) is 0 Å². The third kappa shape index (κ3) is 3.72. The summed E-state index contributed by atoms with van der Waals surface area (Å²) in [6, 6.07) is 14.5.